The number of amides is 1. The van der Waals surface area contributed by atoms with Gasteiger partial charge in [0, 0.05) is 25.6 Å². The van der Waals surface area contributed by atoms with E-state index in [1.165, 1.54) is 11.0 Å². The van der Waals surface area contributed by atoms with Crippen LogP contribution in [0.3, 0.4) is 0 Å². The number of hydrogen-bond acceptors (Lipinski definition) is 3. The summed E-state index contributed by atoms with van der Waals surface area (Å²) in [7, 11) is 1.60. The van der Waals surface area contributed by atoms with Crippen molar-refractivity contribution in [2.24, 2.45) is 0 Å². The molecule has 0 heterocycles. The number of rotatable bonds is 5. The average molecular weight is 278 g/mol. The minimum Gasteiger partial charge on any atom is -0.478 e. The lowest BCUT2D eigenvalue weighted by Crippen LogP contribution is -2.39. The Morgan fingerprint density at radius 2 is 1.85 bits per heavy atom. The summed E-state index contributed by atoms with van der Waals surface area (Å²) in [6.07, 6.45) is 0.321. The fourth-order valence-corrected chi connectivity index (χ4v) is 1.79. The van der Waals surface area contributed by atoms with Crippen LogP contribution in [0.2, 0.25) is 0 Å². The molecule has 0 atom stereocenters. The molecule has 0 aliphatic heterocycles. The Hall–Kier alpha value is -1.88. The van der Waals surface area contributed by atoms with E-state index in [9.17, 15) is 9.59 Å². The number of benzene rings is 1. The quantitative estimate of drug-likeness (QED) is 0.865. The third-order valence-corrected chi connectivity index (χ3v) is 2.86. The molecule has 0 aliphatic rings. The molecule has 110 valence electrons. The summed E-state index contributed by atoms with van der Waals surface area (Å²) in [6, 6.07) is 6.50. The molecular weight excluding hydrogens is 256 g/mol. The van der Waals surface area contributed by atoms with E-state index in [4.69, 9.17) is 5.11 Å². The highest BCUT2D eigenvalue weighted by atomic mass is 16.4. The maximum Gasteiger partial charge on any atom is 0.337 e. The molecule has 0 bridgehead atoms. The first-order valence-corrected chi connectivity index (χ1v) is 6.56. The molecule has 1 aromatic rings. The third-order valence-electron chi connectivity index (χ3n) is 2.86. The first-order valence-electron chi connectivity index (χ1n) is 6.56. The van der Waals surface area contributed by atoms with Gasteiger partial charge in [0.2, 0.25) is 5.91 Å². The molecule has 1 aromatic carbocycles. The Balaban J connectivity index is 2.72. The van der Waals surface area contributed by atoms with Crippen molar-refractivity contribution in [3.8, 4) is 0 Å². The molecule has 0 saturated carbocycles. The van der Waals surface area contributed by atoms with Crippen molar-refractivity contribution in [1.82, 2.24) is 5.32 Å². The highest BCUT2D eigenvalue weighted by molar-refractivity contribution is 6.01. The summed E-state index contributed by atoms with van der Waals surface area (Å²) < 4.78 is 0. The van der Waals surface area contributed by atoms with Gasteiger partial charge in [-0.1, -0.05) is 12.1 Å². The molecule has 0 spiro atoms. The van der Waals surface area contributed by atoms with E-state index >= 15 is 0 Å². The fourth-order valence-electron chi connectivity index (χ4n) is 1.79. The van der Waals surface area contributed by atoms with Crippen LogP contribution in [0.1, 0.15) is 37.6 Å². The molecule has 0 aromatic heterocycles. The standard InChI is InChI=1S/C15H22N2O3/c1-15(2,3)16-10-9-13(18)17(4)12-8-6-5-7-11(12)14(19)20/h5-8,16H,9-10H2,1-4H3,(H,19,20). The molecule has 0 fully saturated rings. The molecule has 5 nitrogen and oxygen atoms in total. The van der Waals surface area contributed by atoms with Crippen molar-refractivity contribution in [2.75, 3.05) is 18.5 Å². The van der Waals surface area contributed by atoms with Crippen molar-refractivity contribution in [1.29, 1.82) is 0 Å². The molecule has 0 aliphatic carbocycles. The Kier molecular flexibility index (Phi) is 5.27. The second kappa shape index (κ2) is 6.52. The van der Waals surface area contributed by atoms with E-state index in [0.717, 1.165) is 0 Å². The van der Waals surface area contributed by atoms with E-state index in [0.29, 0.717) is 18.7 Å². The summed E-state index contributed by atoms with van der Waals surface area (Å²) in [5.41, 5.74) is 0.505. The van der Waals surface area contributed by atoms with Crippen LogP contribution >= 0.6 is 0 Å². The van der Waals surface area contributed by atoms with E-state index in [1.807, 2.05) is 20.8 Å². The van der Waals surface area contributed by atoms with Gasteiger partial charge >= 0.3 is 5.97 Å². The topological polar surface area (TPSA) is 69.6 Å². The Morgan fingerprint density at radius 1 is 1.25 bits per heavy atom. The zero-order valence-corrected chi connectivity index (χ0v) is 12.4. The summed E-state index contributed by atoms with van der Waals surface area (Å²) in [5, 5.41) is 12.4. The van der Waals surface area contributed by atoms with Crippen LogP contribution in [-0.2, 0) is 4.79 Å². The number of carboxylic acids is 1. The Morgan fingerprint density at radius 3 is 2.40 bits per heavy atom. The number of carboxylic acid groups (broad SMARTS) is 1. The van der Waals surface area contributed by atoms with Gasteiger partial charge in [-0.05, 0) is 32.9 Å². The van der Waals surface area contributed by atoms with Crippen LogP contribution in [0.5, 0.6) is 0 Å². The average Bonchev–Trinajstić information content (AvgIpc) is 2.36. The highest BCUT2D eigenvalue weighted by Crippen LogP contribution is 2.19. The summed E-state index contributed by atoms with van der Waals surface area (Å²) in [5.74, 6) is -1.15. The summed E-state index contributed by atoms with van der Waals surface area (Å²) in [4.78, 5) is 24.6. The normalized spacial score (nSPS) is 11.2. The zero-order chi connectivity index (χ0) is 15.3. The predicted molar refractivity (Wildman–Crippen MR) is 79.2 cm³/mol. The number of para-hydroxylation sites is 1. The van der Waals surface area contributed by atoms with Gasteiger partial charge < -0.3 is 15.3 Å². The number of carbonyl (C=O) groups is 2. The third kappa shape index (κ3) is 4.66. The van der Waals surface area contributed by atoms with Crippen molar-refractivity contribution < 1.29 is 14.7 Å². The smallest absolute Gasteiger partial charge is 0.337 e. The maximum absolute atomic E-state index is 12.1. The second-order valence-electron chi connectivity index (χ2n) is 5.70. The number of anilines is 1. The van der Waals surface area contributed by atoms with Gasteiger partial charge in [-0.2, -0.15) is 0 Å². The lowest BCUT2D eigenvalue weighted by Gasteiger charge is -2.23. The zero-order valence-electron chi connectivity index (χ0n) is 12.4. The van der Waals surface area contributed by atoms with Crippen molar-refractivity contribution in [3.05, 3.63) is 29.8 Å². The SMILES string of the molecule is CN(C(=O)CCNC(C)(C)C)c1ccccc1C(=O)O. The number of nitrogens with one attached hydrogen (secondary N) is 1. The Bertz CT molecular complexity index is 492. The van der Waals surface area contributed by atoms with Gasteiger partial charge in [0.05, 0.1) is 11.3 Å². The monoisotopic (exact) mass is 278 g/mol. The first kappa shape index (κ1) is 16.2. The number of aromatic carboxylic acids is 1. The largest absolute Gasteiger partial charge is 0.478 e. The van der Waals surface area contributed by atoms with E-state index < -0.39 is 5.97 Å². The van der Waals surface area contributed by atoms with Gasteiger partial charge in [0.25, 0.3) is 0 Å². The molecule has 0 unspecified atom stereocenters. The van der Waals surface area contributed by atoms with Gasteiger partial charge in [0.1, 0.15) is 0 Å². The molecule has 0 radical (unpaired) electrons. The minimum atomic E-state index is -1.03. The predicted octanol–water partition coefficient (Wildman–Crippen LogP) is 2.13. The van der Waals surface area contributed by atoms with Crippen molar-refractivity contribution >= 4 is 17.6 Å². The molecule has 20 heavy (non-hydrogen) atoms. The first-order chi connectivity index (χ1) is 9.22. The van der Waals surface area contributed by atoms with Crippen LogP contribution in [0, 0.1) is 0 Å². The molecule has 5 heteroatoms. The van der Waals surface area contributed by atoms with E-state index in [-0.39, 0.29) is 17.0 Å². The molecular formula is C15H22N2O3. The number of hydrogen-bond donors (Lipinski definition) is 2. The van der Waals surface area contributed by atoms with Crippen LogP contribution in [0.25, 0.3) is 0 Å². The van der Waals surface area contributed by atoms with E-state index in [1.54, 1.807) is 25.2 Å². The fraction of sp³-hybridized carbons (Fsp3) is 0.467. The second-order valence-corrected chi connectivity index (χ2v) is 5.70. The lowest BCUT2D eigenvalue weighted by atomic mass is 10.1. The van der Waals surface area contributed by atoms with Gasteiger partial charge in [-0.15, -0.1) is 0 Å². The van der Waals surface area contributed by atoms with Gasteiger partial charge in [0.15, 0.2) is 0 Å². The number of nitrogens with zero attached hydrogens (tertiary/aromatic N) is 1. The summed E-state index contributed by atoms with van der Waals surface area (Å²) in [6.45, 7) is 6.64. The number of carbonyl (C=O) groups excluding carboxylic acids is 1. The lowest BCUT2D eigenvalue weighted by molar-refractivity contribution is -0.118. The summed E-state index contributed by atoms with van der Waals surface area (Å²) >= 11 is 0. The van der Waals surface area contributed by atoms with Crippen LogP contribution in [0.15, 0.2) is 24.3 Å². The Labute approximate surface area is 119 Å². The van der Waals surface area contributed by atoms with Gasteiger partial charge in [-0.3, -0.25) is 4.79 Å². The maximum atomic E-state index is 12.1. The highest BCUT2D eigenvalue weighted by Gasteiger charge is 2.18. The van der Waals surface area contributed by atoms with Crippen molar-refractivity contribution in [3.63, 3.8) is 0 Å². The van der Waals surface area contributed by atoms with Crippen LogP contribution in [0.4, 0.5) is 5.69 Å². The van der Waals surface area contributed by atoms with Crippen LogP contribution < -0.4 is 10.2 Å². The molecule has 0 saturated heterocycles. The van der Waals surface area contributed by atoms with Crippen molar-refractivity contribution in [2.45, 2.75) is 32.7 Å². The van der Waals surface area contributed by atoms with Gasteiger partial charge in [-0.25, -0.2) is 4.79 Å². The minimum absolute atomic E-state index is 0.0438. The van der Waals surface area contributed by atoms with E-state index in [2.05, 4.69) is 5.32 Å². The molecule has 2 N–H and O–H groups in total. The molecule has 1 amide bonds. The molecule has 1 rings (SSSR count). The van der Waals surface area contributed by atoms with Crippen LogP contribution in [-0.4, -0.2) is 36.1 Å².